The van der Waals surface area contributed by atoms with E-state index in [9.17, 15) is 0 Å². The van der Waals surface area contributed by atoms with E-state index in [1.165, 1.54) is 22.9 Å². The molecule has 0 spiro atoms. The van der Waals surface area contributed by atoms with Crippen molar-refractivity contribution in [1.82, 2.24) is 5.32 Å². The normalized spacial score (nSPS) is 18.1. The molecule has 1 N–H and O–H groups in total. The topological polar surface area (TPSA) is 12.0 Å². The van der Waals surface area contributed by atoms with E-state index in [-0.39, 0.29) is 0 Å². The molecular weight excluding hydrogens is 238 g/mol. The number of hydrogen-bond donors (Lipinski definition) is 1. The molecule has 0 bridgehead atoms. The molecule has 14 heavy (non-hydrogen) atoms. The standard InChI is InChI=1S/C12H16BrN/c1-2-14-12(9-7-8-9)10-5-3-4-6-11(10)13/h3-6,9,12,14H,2,7-8H2,1H3. The molecule has 2 rings (SSSR count). The lowest BCUT2D eigenvalue weighted by Gasteiger charge is -2.18. The van der Waals surface area contributed by atoms with Crippen LogP contribution < -0.4 is 5.32 Å². The van der Waals surface area contributed by atoms with Crippen LogP contribution in [0.25, 0.3) is 0 Å². The van der Waals surface area contributed by atoms with Crippen LogP contribution in [0, 0.1) is 5.92 Å². The highest BCUT2D eigenvalue weighted by atomic mass is 79.9. The van der Waals surface area contributed by atoms with Gasteiger partial charge in [0.2, 0.25) is 0 Å². The number of halogens is 1. The van der Waals surface area contributed by atoms with Gasteiger partial charge in [-0.1, -0.05) is 41.1 Å². The Labute approximate surface area is 94.0 Å². The highest BCUT2D eigenvalue weighted by Crippen LogP contribution is 2.42. The van der Waals surface area contributed by atoms with E-state index in [1.807, 2.05) is 0 Å². The first-order chi connectivity index (χ1) is 6.83. The summed E-state index contributed by atoms with van der Waals surface area (Å²) < 4.78 is 1.23. The molecule has 1 atom stereocenters. The third-order valence-electron chi connectivity index (χ3n) is 2.76. The Bertz CT molecular complexity index is 307. The molecule has 2 heteroatoms. The second-order valence-corrected chi connectivity index (χ2v) is 4.75. The molecule has 0 saturated heterocycles. The van der Waals surface area contributed by atoms with Crippen molar-refractivity contribution in [3.8, 4) is 0 Å². The van der Waals surface area contributed by atoms with Crippen molar-refractivity contribution in [2.75, 3.05) is 6.54 Å². The van der Waals surface area contributed by atoms with Crippen LogP contribution in [0.4, 0.5) is 0 Å². The minimum atomic E-state index is 0.551. The molecule has 1 aliphatic rings. The molecule has 1 fully saturated rings. The van der Waals surface area contributed by atoms with Gasteiger partial charge >= 0.3 is 0 Å². The molecule has 0 aromatic heterocycles. The van der Waals surface area contributed by atoms with E-state index in [0.29, 0.717) is 6.04 Å². The smallest absolute Gasteiger partial charge is 0.0359 e. The summed E-state index contributed by atoms with van der Waals surface area (Å²) in [5, 5.41) is 3.57. The zero-order valence-corrected chi connectivity index (χ0v) is 10.0. The fourth-order valence-corrected chi connectivity index (χ4v) is 2.44. The summed E-state index contributed by atoms with van der Waals surface area (Å²) in [6.07, 6.45) is 2.75. The van der Waals surface area contributed by atoms with Crippen LogP contribution in [-0.2, 0) is 0 Å². The summed E-state index contributed by atoms with van der Waals surface area (Å²) in [7, 11) is 0. The predicted molar refractivity (Wildman–Crippen MR) is 63.3 cm³/mol. The second-order valence-electron chi connectivity index (χ2n) is 3.89. The molecule has 1 aliphatic carbocycles. The average molecular weight is 254 g/mol. The Morgan fingerprint density at radius 1 is 1.43 bits per heavy atom. The van der Waals surface area contributed by atoms with E-state index < -0.39 is 0 Å². The largest absolute Gasteiger partial charge is 0.310 e. The van der Waals surface area contributed by atoms with Crippen LogP contribution in [-0.4, -0.2) is 6.54 Å². The van der Waals surface area contributed by atoms with Crippen molar-refractivity contribution in [2.24, 2.45) is 5.92 Å². The maximum atomic E-state index is 3.62. The van der Waals surface area contributed by atoms with Gasteiger partial charge in [-0.2, -0.15) is 0 Å². The van der Waals surface area contributed by atoms with E-state index in [4.69, 9.17) is 0 Å². The minimum Gasteiger partial charge on any atom is -0.310 e. The molecule has 1 aromatic carbocycles. The first-order valence-electron chi connectivity index (χ1n) is 5.30. The van der Waals surface area contributed by atoms with Crippen LogP contribution >= 0.6 is 15.9 Å². The Balaban J connectivity index is 2.21. The maximum Gasteiger partial charge on any atom is 0.0359 e. The summed E-state index contributed by atoms with van der Waals surface area (Å²) in [4.78, 5) is 0. The first-order valence-corrected chi connectivity index (χ1v) is 6.10. The van der Waals surface area contributed by atoms with Crippen LogP contribution in [0.1, 0.15) is 31.4 Å². The Hall–Kier alpha value is -0.340. The van der Waals surface area contributed by atoms with Crippen LogP contribution in [0.5, 0.6) is 0 Å². The highest BCUT2D eigenvalue weighted by molar-refractivity contribution is 9.10. The predicted octanol–water partition coefficient (Wildman–Crippen LogP) is 3.51. The lowest BCUT2D eigenvalue weighted by molar-refractivity contribution is 0.494. The average Bonchev–Trinajstić information content (AvgIpc) is 2.99. The zero-order valence-electron chi connectivity index (χ0n) is 8.46. The van der Waals surface area contributed by atoms with Gasteiger partial charge in [0, 0.05) is 10.5 Å². The van der Waals surface area contributed by atoms with E-state index >= 15 is 0 Å². The molecule has 0 radical (unpaired) electrons. The molecule has 1 aromatic rings. The monoisotopic (exact) mass is 253 g/mol. The molecule has 76 valence electrons. The van der Waals surface area contributed by atoms with Crippen molar-refractivity contribution >= 4 is 15.9 Å². The summed E-state index contributed by atoms with van der Waals surface area (Å²) in [5.74, 6) is 0.855. The molecule has 0 aliphatic heterocycles. The molecule has 0 amide bonds. The van der Waals surface area contributed by atoms with Gasteiger partial charge in [-0.25, -0.2) is 0 Å². The lowest BCUT2D eigenvalue weighted by Crippen LogP contribution is -2.22. The SMILES string of the molecule is CCNC(c1ccccc1Br)C1CC1. The summed E-state index contributed by atoms with van der Waals surface area (Å²) in [6.45, 7) is 3.22. The van der Waals surface area contributed by atoms with Gasteiger partial charge in [-0.05, 0) is 36.9 Å². The van der Waals surface area contributed by atoms with Gasteiger partial charge in [0.25, 0.3) is 0 Å². The summed E-state index contributed by atoms with van der Waals surface area (Å²) in [5.41, 5.74) is 1.41. The fourth-order valence-electron chi connectivity index (χ4n) is 1.91. The number of nitrogens with one attached hydrogen (secondary N) is 1. The Kier molecular flexibility index (Phi) is 3.24. The van der Waals surface area contributed by atoms with Crippen molar-refractivity contribution in [2.45, 2.75) is 25.8 Å². The summed E-state index contributed by atoms with van der Waals surface area (Å²) >= 11 is 3.62. The van der Waals surface area contributed by atoms with E-state index in [0.717, 1.165) is 12.5 Å². The van der Waals surface area contributed by atoms with Gasteiger partial charge in [0.15, 0.2) is 0 Å². The van der Waals surface area contributed by atoms with Gasteiger partial charge in [0.1, 0.15) is 0 Å². The van der Waals surface area contributed by atoms with E-state index in [2.05, 4.69) is 52.4 Å². The highest BCUT2D eigenvalue weighted by Gasteiger charge is 2.32. The number of rotatable bonds is 4. The molecular formula is C12H16BrN. The molecule has 1 unspecified atom stereocenters. The van der Waals surface area contributed by atoms with Crippen molar-refractivity contribution in [1.29, 1.82) is 0 Å². The minimum absolute atomic E-state index is 0.551. The number of benzene rings is 1. The van der Waals surface area contributed by atoms with Crippen molar-refractivity contribution in [3.05, 3.63) is 34.3 Å². The third-order valence-corrected chi connectivity index (χ3v) is 3.48. The Morgan fingerprint density at radius 3 is 2.71 bits per heavy atom. The van der Waals surface area contributed by atoms with Gasteiger partial charge in [-0.3, -0.25) is 0 Å². The third kappa shape index (κ3) is 2.18. The van der Waals surface area contributed by atoms with Crippen LogP contribution in [0.3, 0.4) is 0 Å². The van der Waals surface area contributed by atoms with E-state index in [1.54, 1.807) is 0 Å². The van der Waals surface area contributed by atoms with Crippen molar-refractivity contribution in [3.63, 3.8) is 0 Å². The molecule has 0 heterocycles. The van der Waals surface area contributed by atoms with Gasteiger partial charge < -0.3 is 5.32 Å². The quantitative estimate of drug-likeness (QED) is 0.866. The second kappa shape index (κ2) is 4.45. The van der Waals surface area contributed by atoms with Gasteiger partial charge in [-0.15, -0.1) is 0 Å². The van der Waals surface area contributed by atoms with Gasteiger partial charge in [0.05, 0.1) is 0 Å². The maximum absolute atomic E-state index is 3.62. The number of hydrogen-bond acceptors (Lipinski definition) is 1. The molecule has 1 saturated carbocycles. The lowest BCUT2D eigenvalue weighted by atomic mass is 10.0. The summed E-state index contributed by atoms with van der Waals surface area (Å²) in [6, 6.07) is 9.09. The zero-order chi connectivity index (χ0) is 9.97. The molecule has 1 nitrogen and oxygen atoms in total. The first kappa shape index (κ1) is 10.2. The fraction of sp³-hybridized carbons (Fsp3) is 0.500. The van der Waals surface area contributed by atoms with Crippen molar-refractivity contribution < 1.29 is 0 Å². The Morgan fingerprint density at radius 2 is 2.14 bits per heavy atom. The van der Waals surface area contributed by atoms with Crippen LogP contribution in [0.2, 0.25) is 0 Å². The van der Waals surface area contributed by atoms with Crippen LogP contribution in [0.15, 0.2) is 28.7 Å².